The molecule has 14 heavy (non-hydrogen) atoms. The summed E-state index contributed by atoms with van der Waals surface area (Å²) in [5, 5.41) is 3.26. The van der Waals surface area contributed by atoms with Gasteiger partial charge in [-0.15, -0.1) is 0 Å². The summed E-state index contributed by atoms with van der Waals surface area (Å²) >= 11 is 0. The monoisotopic (exact) mass is 188 g/mol. The second-order valence-electron chi connectivity index (χ2n) is 3.73. The molecule has 0 radical (unpaired) electrons. The molecule has 2 nitrogen and oxygen atoms in total. The second-order valence-corrected chi connectivity index (χ2v) is 3.73. The number of pyridine rings is 1. The normalized spacial score (nSPS) is 13.3. The first-order valence-electron chi connectivity index (χ1n) is 5.03. The van der Waals surface area contributed by atoms with Crippen molar-refractivity contribution in [2.24, 2.45) is 0 Å². The molecule has 0 aliphatic rings. The van der Waals surface area contributed by atoms with Crippen molar-refractivity contribution in [2.75, 3.05) is 7.05 Å². The zero-order valence-corrected chi connectivity index (χ0v) is 8.70. The van der Waals surface area contributed by atoms with Gasteiger partial charge in [0.05, 0.1) is 0 Å². The lowest BCUT2D eigenvalue weighted by Crippen LogP contribution is -2.23. The lowest BCUT2D eigenvalue weighted by molar-refractivity contribution is 0.610. The van der Waals surface area contributed by atoms with E-state index in [1.165, 1.54) is 11.1 Å². The van der Waals surface area contributed by atoms with Crippen LogP contribution in [0.25, 0.3) is 5.52 Å². The third-order valence-electron chi connectivity index (χ3n) is 2.67. The van der Waals surface area contributed by atoms with E-state index in [1.54, 1.807) is 0 Å². The molecule has 0 bridgehead atoms. The van der Waals surface area contributed by atoms with Gasteiger partial charge in [0, 0.05) is 24.0 Å². The molecule has 0 saturated carbocycles. The molecular formula is C12H16N2. The fourth-order valence-corrected chi connectivity index (χ4v) is 1.72. The maximum atomic E-state index is 3.26. The molecule has 0 aromatic carbocycles. The minimum atomic E-state index is 0.529. The van der Waals surface area contributed by atoms with Crippen LogP contribution in [0.2, 0.25) is 0 Å². The van der Waals surface area contributed by atoms with Crippen LogP contribution in [0.5, 0.6) is 0 Å². The van der Waals surface area contributed by atoms with E-state index in [-0.39, 0.29) is 0 Å². The summed E-state index contributed by atoms with van der Waals surface area (Å²) in [6.45, 7) is 2.20. The lowest BCUT2D eigenvalue weighted by Gasteiger charge is -2.08. The lowest BCUT2D eigenvalue weighted by atomic mass is 10.1. The molecule has 0 aliphatic heterocycles. The number of rotatable bonds is 3. The molecule has 2 heterocycles. The van der Waals surface area contributed by atoms with Crippen molar-refractivity contribution in [1.82, 2.24) is 9.72 Å². The van der Waals surface area contributed by atoms with Gasteiger partial charge in [-0.05, 0) is 44.2 Å². The first-order chi connectivity index (χ1) is 6.81. The van der Waals surface area contributed by atoms with Gasteiger partial charge in [0.2, 0.25) is 0 Å². The van der Waals surface area contributed by atoms with Gasteiger partial charge in [0.25, 0.3) is 0 Å². The Kier molecular flexibility index (Phi) is 2.55. The van der Waals surface area contributed by atoms with Crippen molar-refractivity contribution < 1.29 is 0 Å². The first-order valence-corrected chi connectivity index (χ1v) is 5.03. The van der Waals surface area contributed by atoms with Gasteiger partial charge in [0.15, 0.2) is 0 Å². The third kappa shape index (κ3) is 1.66. The van der Waals surface area contributed by atoms with Gasteiger partial charge in [-0.3, -0.25) is 0 Å². The highest BCUT2D eigenvalue weighted by atomic mass is 14.9. The summed E-state index contributed by atoms with van der Waals surface area (Å²) in [6.07, 6.45) is 5.28. The highest BCUT2D eigenvalue weighted by Gasteiger charge is 2.04. The van der Waals surface area contributed by atoms with Crippen molar-refractivity contribution in [1.29, 1.82) is 0 Å². The van der Waals surface area contributed by atoms with Crippen LogP contribution in [0.4, 0.5) is 0 Å². The summed E-state index contributed by atoms with van der Waals surface area (Å²) in [7, 11) is 2.00. The molecule has 1 N–H and O–H groups in total. The average molecular weight is 188 g/mol. The minimum absolute atomic E-state index is 0.529. The van der Waals surface area contributed by atoms with Gasteiger partial charge < -0.3 is 9.72 Å². The highest BCUT2D eigenvalue weighted by Crippen LogP contribution is 2.13. The number of nitrogens with one attached hydrogen (secondary N) is 1. The Labute approximate surface area is 84.6 Å². The summed E-state index contributed by atoms with van der Waals surface area (Å²) < 4.78 is 2.16. The molecule has 2 rings (SSSR count). The van der Waals surface area contributed by atoms with Gasteiger partial charge >= 0.3 is 0 Å². The molecule has 0 unspecified atom stereocenters. The summed E-state index contributed by atoms with van der Waals surface area (Å²) in [5.41, 5.74) is 2.72. The maximum Gasteiger partial charge on any atom is 0.0482 e. The molecule has 0 aliphatic carbocycles. The van der Waals surface area contributed by atoms with Crippen molar-refractivity contribution in [3.8, 4) is 0 Å². The van der Waals surface area contributed by atoms with Crippen LogP contribution in [0.15, 0.2) is 36.7 Å². The number of likely N-dealkylation sites (N-methyl/N-ethyl adjacent to an activating group) is 1. The molecule has 0 amide bonds. The van der Waals surface area contributed by atoms with E-state index in [0.29, 0.717) is 6.04 Å². The molecule has 0 saturated heterocycles. The molecule has 2 heteroatoms. The Balaban J connectivity index is 2.33. The fourth-order valence-electron chi connectivity index (χ4n) is 1.72. The SMILES string of the molecule is CN[C@@H](C)Cc1ccn2ccccc12. The Morgan fingerprint density at radius 3 is 2.93 bits per heavy atom. The minimum Gasteiger partial charge on any atom is -0.324 e. The van der Waals surface area contributed by atoms with E-state index in [0.717, 1.165) is 6.42 Å². The summed E-state index contributed by atoms with van der Waals surface area (Å²) in [5.74, 6) is 0. The molecule has 0 spiro atoms. The van der Waals surface area contributed by atoms with Crippen LogP contribution < -0.4 is 5.32 Å². The number of nitrogens with zero attached hydrogens (tertiary/aromatic N) is 1. The Morgan fingerprint density at radius 1 is 1.29 bits per heavy atom. The first kappa shape index (κ1) is 9.28. The maximum absolute atomic E-state index is 3.26. The second kappa shape index (κ2) is 3.84. The zero-order chi connectivity index (χ0) is 9.97. The number of aromatic nitrogens is 1. The van der Waals surface area contributed by atoms with E-state index in [4.69, 9.17) is 0 Å². The van der Waals surface area contributed by atoms with E-state index in [1.807, 2.05) is 7.05 Å². The Morgan fingerprint density at radius 2 is 2.14 bits per heavy atom. The molecule has 74 valence electrons. The van der Waals surface area contributed by atoms with E-state index in [2.05, 4.69) is 53.3 Å². The van der Waals surface area contributed by atoms with Crippen LogP contribution in [0.1, 0.15) is 12.5 Å². The zero-order valence-electron chi connectivity index (χ0n) is 8.70. The van der Waals surface area contributed by atoms with Crippen molar-refractivity contribution in [2.45, 2.75) is 19.4 Å². The van der Waals surface area contributed by atoms with Gasteiger partial charge in [-0.2, -0.15) is 0 Å². The standard InChI is InChI=1S/C12H16N2/c1-10(13-2)9-11-6-8-14-7-4-3-5-12(11)14/h3-8,10,13H,9H2,1-2H3/t10-/m0/s1. The average Bonchev–Trinajstić information content (AvgIpc) is 2.62. The van der Waals surface area contributed by atoms with Crippen LogP contribution >= 0.6 is 0 Å². The van der Waals surface area contributed by atoms with Gasteiger partial charge in [-0.25, -0.2) is 0 Å². The topological polar surface area (TPSA) is 16.4 Å². The van der Waals surface area contributed by atoms with E-state index < -0.39 is 0 Å². The summed E-state index contributed by atoms with van der Waals surface area (Å²) in [4.78, 5) is 0. The highest BCUT2D eigenvalue weighted by molar-refractivity contribution is 5.55. The van der Waals surface area contributed by atoms with Crippen molar-refractivity contribution in [3.63, 3.8) is 0 Å². The van der Waals surface area contributed by atoms with Gasteiger partial charge in [-0.1, -0.05) is 6.07 Å². The van der Waals surface area contributed by atoms with Crippen LogP contribution in [-0.4, -0.2) is 17.5 Å². The molecular weight excluding hydrogens is 172 g/mol. The predicted molar refractivity (Wildman–Crippen MR) is 59.6 cm³/mol. The van der Waals surface area contributed by atoms with Crippen LogP contribution in [0, 0.1) is 0 Å². The molecule has 0 fully saturated rings. The Hall–Kier alpha value is -1.28. The molecule has 2 aromatic heterocycles. The number of hydrogen-bond donors (Lipinski definition) is 1. The largest absolute Gasteiger partial charge is 0.324 e. The number of fused-ring (bicyclic) bond motifs is 1. The predicted octanol–water partition coefficient (Wildman–Crippen LogP) is 2.09. The van der Waals surface area contributed by atoms with E-state index >= 15 is 0 Å². The van der Waals surface area contributed by atoms with Gasteiger partial charge in [0.1, 0.15) is 0 Å². The quantitative estimate of drug-likeness (QED) is 0.780. The molecule has 2 aromatic rings. The number of hydrogen-bond acceptors (Lipinski definition) is 1. The van der Waals surface area contributed by atoms with Crippen LogP contribution in [0.3, 0.4) is 0 Å². The molecule has 1 atom stereocenters. The van der Waals surface area contributed by atoms with Crippen molar-refractivity contribution >= 4 is 5.52 Å². The Bertz CT molecular complexity index is 417. The fraction of sp³-hybridized carbons (Fsp3) is 0.333. The summed E-state index contributed by atoms with van der Waals surface area (Å²) in [6, 6.07) is 9.03. The van der Waals surface area contributed by atoms with Crippen LogP contribution in [-0.2, 0) is 6.42 Å². The van der Waals surface area contributed by atoms with E-state index in [9.17, 15) is 0 Å². The smallest absolute Gasteiger partial charge is 0.0482 e. The van der Waals surface area contributed by atoms with Crippen molar-refractivity contribution in [3.05, 3.63) is 42.2 Å². The third-order valence-corrected chi connectivity index (χ3v) is 2.67.